The molecule has 1 aromatic rings. The van der Waals surface area contributed by atoms with Gasteiger partial charge in [-0.25, -0.2) is 0 Å². The van der Waals surface area contributed by atoms with E-state index in [1.165, 1.54) is 10.4 Å². The number of nitrogens with zero attached hydrogens (tertiary/aromatic N) is 1. The summed E-state index contributed by atoms with van der Waals surface area (Å²) in [6.07, 6.45) is 2.20. The van der Waals surface area contributed by atoms with Gasteiger partial charge in [-0.2, -0.15) is 0 Å². The maximum absolute atomic E-state index is 11.7. The molecule has 0 aliphatic rings. The first kappa shape index (κ1) is 11.2. The number of thiophene rings is 1. The summed E-state index contributed by atoms with van der Waals surface area (Å²) >= 11 is 1.60. The molecule has 1 rings (SSSR count). The fourth-order valence-electron chi connectivity index (χ4n) is 1.36. The Balaban J connectivity index is 2.90. The Morgan fingerprint density at radius 2 is 2.14 bits per heavy atom. The lowest BCUT2D eigenvalue weighted by molar-refractivity contribution is 0.0832. The first-order valence-corrected chi connectivity index (χ1v) is 5.68. The van der Waals surface area contributed by atoms with Gasteiger partial charge in [0.25, 0.3) is 5.91 Å². The first-order chi connectivity index (χ1) is 6.56. The van der Waals surface area contributed by atoms with Crippen LogP contribution in [0.25, 0.3) is 0 Å². The van der Waals surface area contributed by atoms with Crippen molar-refractivity contribution in [3.63, 3.8) is 0 Å². The van der Waals surface area contributed by atoms with Gasteiger partial charge in [0.15, 0.2) is 0 Å². The van der Waals surface area contributed by atoms with Crippen molar-refractivity contribution in [2.75, 3.05) is 14.1 Å². The average molecular weight is 211 g/mol. The highest BCUT2D eigenvalue weighted by Crippen LogP contribution is 2.23. The SMILES string of the molecule is CCCc1cc(C(=O)N(C)C)sc1C. The van der Waals surface area contributed by atoms with Crippen LogP contribution in [0.5, 0.6) is 0 Å². The lowest BCUT2D eigenvalue weighted by Gasteiger charge is -2.06. The molecule has 0 N–H and O–H groups in total. The molecule has 0 atom stereocenters. The smallest absolute Gasteiger partial charge is 0.263 e. The molecule has 0 fully saturated rings. The Hall–Kier alpha value is -0.830. The number of rotatable bonds is 3. The molecule has 0 aliphatic heterocycles. The van der Waals surface area contributed by atoms with E-state index in [-0.39, 0.29) is 5.91 Å². The van der Waals surface area contributed by atoms with Gasteiger partial charge < -0.3 is 4.90 Å². The number of aryl methyl sites for hydroxylation is 2. The summed E-state index contributed by atoms with van der Waals surface area (Å²) in [4.78, 5) is 15.4. The molecule has 0 aromatic carbocycles. The minimum atomic E-state index is 0.112. The van der Waals surface area contributed by atoms with Crippen LogP contribution in [0.2, 0.25) is 0 Å². The summed E-state index contributed by atoms with van der Waals surface area (Å²) in [5.41, 5.74) is 1.32. The molecule has 1 aromatic heterocycles. The summed E-state index contributed by atoms with van der Waals surface area (Å²) in [5, 5.41) is 0. The molecule has 0 spiro atoms. The van der Waals surface area contributed by atoms with E-state index >= 15 is 0 Å². The van der Waals surface area contributed by atoms with Crippen molar-refractivity contribution in [2.45, 2.75) is 26.7 Å². The van der Waals surface area contributed by atoms with Crippen molar-refractivity contribution in [3.8, 4) is 0 Å². The van der Waals surface area contributed by atoms with Crippen molar-refractivity contribution in [3.05, 3.63) is 21.4 Å². The standard InChI is InChI=1S/C11H17NOS/c1-5-6-9-7-10(14-8(9)2)11(13)12(3)4/h7H,5-6H2,1-4H3. The number of carbonyl (C=O) groups excluding carboxylic acids is 1. The highest BCUT2D eigenvalue weighted by atomic mass is 32.1. The average Bonchev–Trinajstić information content (AvgIpc) is 2.47. The first-order valence-electron chi connectivity index (χ1n) is 4.87. The van der Waals surface area contributed by atoms with E-state index in [1.807, 2.05) is 6.07 Å². The molecule has 0 bridgehead atoms. The zero-order valence-corrected chi connectivity index (χ0v) is 10.1. The molecular weight excluding hydrogens is 194 g/mol. The molecule has 0 radical (unpaired) electrons. The van der Waals surface area contributed by atoms with Crippen LogP contribution >= 0.6 is 11.3 Å². The van der Waals surface area contributed by atoms with Crippen LogP contribution in [0, 0.1) is 6.92 Å². The van der Waals surface area contributed by atoms with Crippen molar-refractivity contribution >= 4 is 17.2 Å². The van der Waals surface area contributed by atoms with Gasteiger partial charge in [-0.1, -0.05) is 13.3 Å². The summed E-state index contributed by atoms with van der Waals surface area (Å²) < 4.78 is 0. The molecule has 14 heavy (non-hydrogen) atoms. The van der Waals surface area contributed by atoms with Gasteiger partial charge in [0.1, 0.15) is 0 Å². The van der Waals surface area contributed by atoms with Crippen molar-refractivity contribution < 1.29 is 4.79 Å². The molecule has 3 heteroatoms. The van der Waals surface area contributed by atoms with Crippen LogP contribution in [-0.2, 0) is 6.42 Å². The molecule has 0 saturated carbocycles. The Labute approximate surface area is 89.5 Å². The van der Waals surface area contributed by atoms with Crippen LogP contribution in [-0.4, -0.2) is 24.9 Å². The van der Waals surface area contributed by atoms with E-state index in [9.17, 15) is 4.79 Å². The molecular formula is C11H17NOS. The third-order valence-corrected chi connectivity index (χ3v) is 3.24. The summed E-state index contributed by atoms with van der Waals surface area (Å²) in [5.74, 6) is 0.112. The summed E-state index contributed by atoms with van der Waals surface area (Å²) in [6, 6.07) is 2.03. The number of hydrogen-bond donors (Lipinski definition) is 0. The third kappa shape index (κ3) is 2.35. The van der Waals surface area contributed by atoms with Gasteiger partial charge in [-0.05, 0) is 25.0 Å². The van der Waals surface area contributed by atoms with Crippen LogP contribution in [0.15, 0.2) is 6.07 Å². The number of hydrogen-bond acceptors (Lipinski definition) is 2. The van der Waals surface area contributed by atoms with Gasteiger partial charge in [-0.3, -0.25) is 4.79 Å². The second kappa shape index (κ2) is 4.60. The van der Waals surface area contributed by atoms with Crippen LogP contribution < -0.4 is 0 Å². The van der Waals surface area contributed by atoms with Gasteiger partial charge >= 0.3 is 0 Å². The van der Waals surface area contributed by atoms with Gasteiger partial charge in [0.05, 0.1) is 4.88 Å². The quantitative estimate of drug-likeness (QED) is 0.752. The van der Waals surface area contributed by atoms with Crippen molar-refractivity contribution in [1.29, 1.82) is 0 Å². The highest BCUT2D eigenvalue weighted by molar-refractivity contribution is 7.14. The predicted octanol–water partition coefficient (Wildman–Crippen LogP) is 2.71. The van der Waals surface area contributed by atoms with Crippen LogP contribution in [0.1, 0.15) is 33.5 Å². The molecule has 0 aliphatic carbocycles. The predicted molar refractivity (Wildman–Crippen MR) is 61.1 cm³/mol. The van der Waals surface area contributed by atoms with Gasteiger partial charge in [-0.15, -0.1) is 11.3 Å². The summed E-state index contributed by atoms with van der Waals surface area (Å²) in [7, 11) is 3.58. The Morgan fingerprint density at radius 3 is 2.64 bits per heavy atom. The monoisotopic (exact) mass is 211 g/mol. The topological polar surface area (TPSA) is 20.3 Å². The van der Waals surface area contributed by atoms with E-state index < -0.39 is 0 Å². The highest BCUT2D eigenvalue weighted by Gasteiger charge is 2.13. The molecule has 1 amide bonds. The third-order valence-electron chi connectivity index (χ3n) is 2.16. The van der Waals surface area contributed by atoms with Crippen molar-refractivity contribution in [1.82, 2.24) is 4.90 Å². The second-order valence-electron chi connectivity index (χ2n) is 3.64. The van der Waals surface area contributed by atoms with E-state index in [4.69, 9.17) is 0 Å². The minimum Gasteiger partial charge on any atom is -0.344 e. The maximum Gasteiger partial charge on any atom is 0.263 e. The second-order valence-corrected chi connectivity index (χ2v) is 4.90. The number of amides is 1. The Bertz CT molecular complexity index is 328. The molecule has 78 valence electrons. The zero-order valence-electron chi connectivity index (χ0n) is 9.26. The molecule has 2 nitrogen and oxygen atoms in total. The largest absolute Gasteiger partial charge is 0.344 e. The number of carbonyl (C=O) groups is 1. The lowest BCUT2D eigenvalue weighted by Crippen LogP contribution is -2.20. The lowest BCUT2D eigenvalue weighted by atomic mass is 10.1. The van der Waals surface area contributed by atoms with E-state index in [2.05, 4.69) is 13.8 Å². The molecule has 0 unspecified atom stereocenters. The van der Waals surface area contributed by atoms with Crippen LogP contribution in [0.3, 0.4) is 0 Å². The minimum absolute atomic E-state index is 0.112. The Kier molecular flexibility index (Phi) is 3.69. The van der Waals surface area contributed by atoms with Gasteiger partial charge in [0.2, 0.25) is 0 Å². The molecule has 1 heterocycles. The fourth-order valence-corrected chi connectivity index (χ4v) is 2.46. The van der Waals surface area contributed by atoms with Crippen LogP contribution in [0.4, 0.5) is 0 Å². The zero-order chi connectivity index (χ0) is 10.7. The fraction of sp³-hybridized carbons (Fsp3) is 0.545. The van der Waals surface area contributed by atoms with E-state index in [1.54, 1.807) is 30.3 Å². The maximum atomic E-state index is 11.7. The molecule has 0 saturated heterocycles. The summed E-state index contributed by atoms with van der Waals surface area (Å²) in [6.45, 7) is 4.24. The van der Waals surface area contributed by atoms with Crippen molar-refractivity contribution in [2.24, 2.45) is 0 Å². The normalized spacial score (nSPS) is 10.3. The van der Waals surface area contributed by atoms with E-state index in [0.29, 0.717) is 0 Å². The van der Waals surface area contributed by atoms with Gasteiger partial charge in [0, 0.05) is 19.0 Å². The Morgan fingerprint density at radius 1 is 1.50 bits per heavy atom. The van der Waals surface area contributed by atoms with E-state index in [0.717, 1.165) is 17.7 Å².